The minimum absolute atomic E-state index is 0.0506. The Bertz CT molecular complexity index is 749. The molecule has 1 atom stereocenters. The SMILES string of the molecule is O=C1N=C(N2CCN3CCCC3C2)S/C1=C\c1cc(F)ccc1O. The van der Waals surface area contributed by atoms with Crippen LogP contribution in [-0.2, 0) is 4.79 Å². The van der Waals surface area contributed by atoms with Gasteiger partial charge in [0.25, 0.3) is 5.91 Å². The van der Waals surface area contributed by atoms with E-state index in [1.54, 1.807) is 0 Å². The van der Waals surface area contributed by atoms with Gasteiger partial charge >= 0.3 is 0 Å². The number of phenols is 1. The lowest BCUT2D eigenvalue weighted by molar-refractivity contribution is -0.113. The number of halogens is 1. The predicted molar refractivity (Wildman–Crippen MR) is 92.2 cm³/mol. The number of hydrogen-bond acceptors (Lipinski definition) is 5. The first-order chi connectivity index (χ1) is 11.6. The largest absolute Gasteiger partial charge is 0.507 e. The highest BCUT2D eigenvalue weighted by atomic mass is 32.2. The van der Waals surface area contributed by atoms with Crippen LogP contribution < -0.4 is 0 Å². The third-order valence-electron chi connectivity index (χ3n) is 4.74. The second kappa shape index (κ2) is 6.22. The molecule has 126 valence electrons. The van der Waals surface area contributed by atoms with E-state index in [1.807, 2.05) is 0 Å². The van der Waals surface area contributed by atoms with E-state index in [1.165, 1.54) is 55.4 Å². The van der Waals surface area contributed by atoms with Crippen LogP contribution in [0.4, 0.5) is 4.39 Å². The first kappa shape index (κ1) is 15.7. The highest BCUT2D eigenvalue weighted by Crippen LogP contribution is 2.33. The number of fused-ring (bicyclic) bond motifs is 1. The quantitative estimate of drug-likeness (QED) is 0.790. The summed E-state index contributed by atoms with van der Waals surface area (Å²) in [4.78, 5) is 21.4. The Morgan fingerprint density at radius 1 is 1.33 bits per heavy atom. The van der Waals surface area contributed by atoms with Gasteiger partial charge < -0.3 is 10.0 Å². The first-order valence-corrected chi connectivity index (χ1v) is 8.92. The molecular weight excluding hydrogens is 329 g/mol. The van der Waals surface area contributed by atoms with Gasteiger partial charge in [0, 0.05) is 31.2 Å². The number of hydrogen-bond donors (Lipinski definition) is 1. The Morgan fingerprint density at radius 3 is 3.08 bits per heavy atom. The monoisotopic (exact) mass is 347 g/mol. The average molecular weight is 347 g/mol. The average Bonchev–Trinajstić information content (AvgIpc) is 3.17. The van der Waals surface area contributed by atoms with Crippen LogP contribution in [0.25, 0.3) is 6.08 Å². The van der Waals surface area contributed by atoms with Crippen LogP contribution in [0.1, 0.15) is 18.4 Å². The maximum Gasteiger partial charge on any atom is 0.286 e. The van der Waals surface area contributed by atoms with Gasteiger partial charge in [-0.25, -0.2) is 4.39 Å². The van der Waals surface area contributed by atoms with Crippen molar-refractivity contribution in [1.29, 1.82) is 0 Å². The number of rotatable bonds is 1. The van der Waals surface area contributed by atoms with E-state index >= 15 is 0 Å². The van der Waals surface area contributed by atoms with Crippen LogP contribution in [0.5, 0.6) is 5.75 Å². The van der Waals surface area contributed by atoms with E-state index in [4.69, 9.17) is 0 Å². The van der Waals surface area contributed by atoms with Gasteiger partial charge in [-0.2, -0.15) is 4.99 Å². The van der Waals surface area contributed by atoms with E-state index in [0.29, 0.717) is 21.7 Å². The second-order valence-corrected chi connectivity index (χ2v) is 7.30. The van der Waals surface area contributed by atoms with E-state index in [0.717, 1.165) is 19.6 Å². The Hall–Kier alpha value is -1.86. The van der Waals surface area contributed by atoms with Gasteiger partial charge in [0.1, 0.15) is 11.6 Å². The fourth-order valence-electron chi connectivity index (χ4n) is 3.48. The summed E-state index contributed by atoms with van der Waals surface area (Å²) in [6.45, 7) is 3.94. The van der Waals surface area contributed by atoms with E-state index in [-0.39, 0.29) is 11.7 Å². The lowest BCUT2D eigenvalue weighted by Crippen LogP contribution is -2.51. The van der Waals surface area contributed by atoms with Crippen molar-refractivity contribution < 1.29 is 14.3 Å². The third-order valence-corrected chi connectivity index (χ3v) is 5.79. The van der Waals surface area contributed by atoms with Crippen molar-refractivity contribution in [3.63, 3.8) is 0 Å². The number of nitrogens with zero attached hydrogens (tertiary/aromatic N) is 3. The molecule has 3 aliphatic heterocycles. The van der Waals surface area contributed by atoms with E-state index < -0.39 is 5.82 Å². The smallest absolute Gasteiger partial charge is 0.286 e. The standard InChI is InChI=1S/C17H18FN3O2S/c18-12-3-4-14(22)11(8-12)9-15-16(23)19-17(24-15)21-7-6-20-5-1-2-13(20)10-21/h3-4,8-9,13,22H,1-2,5-7,10H2/b15-9-. The molecule has 7 heteroatoms. The molecule has 0 bridgehead atoms. The molecule has 2 fully saturated rings. The summed E-state index contributed by atoms with van der Waals surface area (Å²) in [5.41, 5.74) is 0.294. The molecular formula is C17H18FN3O2S. The number of amides is 1. The van der Waals surface area contributed by atoms with Crippen molar-refractivity contribution in [2.24, 2.45) is 4.99 Å². The van der Waals surface area contributed by atoms with Crippen molar-refractivity contribution in [3.05, 3.63) is 34.5 Å². The van der Waals surface area contributed by atoms with E-state index in [9.17, 15) is 14.3 Å². The highest BCUT2D eigenvalue weighted by Gasteiger charge is 2.34. The molecule has 1 aromatic rings. The number of aliphatic imine (C=N–C) groups is 1. The first-order valence-electron chi connectivity index (χ1n) is 8.10. The van der Waals surface area contributed by atoms with Crippen LogP contribution in [0.3, 0.4) is 0 Å². The maximum atomic E-state index is 13.3. The van der Waals surface area contributed by atoms with Crippen LogP contribution >= 0.6 is 11.8 Å². The number of carbonyl (C=O) groups is 1. The lowest BCUT2D eigenvalue weighted by atomic mass is 10.2. The van der Waals surface area contributed by atoms with Crippen molar-refractivity contribution in [2.75, 3.05) is 26.2 Å². The van der Waals surface area contributed by atoms with Gasteiger partial charge in [-0.1, -0.05) is 0 Å². The molecule has 24 heavy (non-hydrogen) atoms. The molecule has 4 rings (SSSR count). The topological polar surface area (TPSA) is 56.1 Å². The summed E-state index contributed by atoms with van der Waals surface area (Å²) < 4.78 is 13.3. The molecule has 1 N–H and O–H groups in total. The minimum atomic E-state index is -0.450. The van der Waals surface area contributed by atoms with Gasteiger partial charge in [-0.05, 0) is 55.4 Å². The van der Waals surface area contributed by atoms with Gasteiger partial charge in [-0.3, -0.25) is 9.69 Å². The van der Waals surface area contributed by atoms with Crippen LogP contribution in [0.2, 0.25) is 0 Å². The van der Waals surface area contributed by atoms with Crippen molar-refractivity contribution in [3.8, 4) is 5.75 Å². The molecule has 5 nitrogen and oxygen atoms in total. The Morgan fingerprint density at radius 2 is 2.21 bits per heavy atom. The zero-order valence-corrected chi connectivity index (χ0v) is 13.9. The number of carbonyl (C=O) groups excluding carboxylic acids is 1. The van der Waals surface area contributed by atoms with Crippen molar-refractivity contribution in [2.45, 2.75) is 18.9 Å². The molecule has 0 radical (unpaired) electrons. The van der Waals surface area contributed by atoms with E-state index in [2.05, 4.69) is 14.8 Å². The van der Waals surface area contributed by atoms with Crippen LogP contribution in [0, 0.1) is 5.82 Å². The number of amidine groups is 1. The highest BCUT2D eigenvalue weighted by molar-refractivity contribution is 8.18. The van der Waals surface area contributed by atoms with Gasteiger partial charge in [0.05, 0.1) is 4.91 Å². The lowest BCUT2D eigenvalue weighted by Gasteiger charge is -2.38. The molecule has 3 heterocycles. The zero-order valence-electron chi connectivity index (χ0n) is 13.1. The molecule has 2 saturated heterocycles. The summed E-state index contributed by atoms with van der Waals surface area (Å²) in [6.07, 6.45) is 3.94. The Labute approximate surface area is 143 Å². The Kier molecular flexibility index (Phi) is 4.05. The maximum absolute atomic E-state index is 13.3. The van der Waals surface area contributed by atoms with Gasteiger partial charge in [0.15, 0.2) is 5.17 Å². The van der Waals surface area contributed by atoms with Crippen LogP contribution in [0.15, 0.2) is 28.1 Å². The molecule has 0 aromatic heterocycles. The molecule has 1 unspecified atom stereocenters. The van der Waals surface area contributed by atoms with Crippen molar-refractivity contribution in [1.82, 2.24) is 9.80 Å². The predicted octanol–water partition coefficient (Wildman–Crippen LogP) is 2.28. The molecule has 1 aromatic carbocycles. The van der Waals surface area contributed by atoms with Crippen molar-refractivity contribution >= 4 is 28.9 Å². The summed E-state index contributed by atoms with van der Waals surface area (Å²) >= 11 is 1.30. The summed E-state index contributed by atoms with van der Waals surface area (Å²) in [7, 11) is 0. The fraction of sp³-hybridized carbons (Fsp3) is 0.412. The summed E-state index contributed by atoms with van der Waals surface area (Å²) in [5.74, 6) is -0.827. The zero-order chi connectivity index (χ0) is 16.7. The van der Waals surface area contributed by atoms with Crippen LogP contribution in [-0.4, -0.2) is 58.2 Å². The number of piperazine rings is 1. The number of thioether (sulfide) groups is 1. The van der Waals surface area contributed by atoms with Gasteiger partial charge in [0.2, 0.25) is 0 Å². The third kappa shape index (κ3) is 2.93. The minimum Gasteiger partial charge on any atom is -0.507 e. The normalized spacial score (nSPS) is 26.1. The fourth-order valence-corrected chi connectivity index (χ4v) is 4.42. The summed E-state index contributed by atoms with van der Waals surface area (Å²) in [6, 6.07) is 4.24. The summed E-state index contributed by atoms with van der Waals surface area (Å²) in [5, 5.41) is 10.5. The molecule has 0 saturated carbocycles. The number of aromatic hydroxyl groups is 1. The molecule has 0 aliphatic carbocycles. The molecule has 1 amide bonds. The number of benzene rings is 1. The second-order valence-electron chi connectivity index (χ2n) is 6.29. The number of phenolic OH excluding ortho intramolecular Hbond substituents is 1. The molecule has 0 spiro atoms. The Balaban J connectivity index is 1.51. The molecule has 3 aliphatic rings. The van der Waals surface area contributed by atoms with Gasteiger partial charge in [-0.15, -0.1) is 0 Å².